The summed E-state index contributed by atoms with van der Waals surface area (Å²) in [4.78, 5) is 25.2. The van der Waals surface area contributed by atoms with Crippen LogP contribution in [0.4, 0.5) is 5.69 Å². The molecule has 23 heavy (non-hydrogen) atoms. The van der Waals surface area contributed by atoms with Crippen molar-refractivity contribution in [2.45, 2.75) is 51.6 Å². The minimum atomic E-state index is -0.892. The molecule has 1 aliphatic heterocycles. The minimum absolute atomic E-state index is 0.0659. The van der Waals surface area contributed by atoms with E-state index in [0.717, 1.165) is 0 Å². The topological polar surface area (TPSA) is 87.1 Å². The smallest absolute Gasteiger partial charge is 0.303 e. The van der Waals surface area contributed by atoms with E-state index >= 15 is 0 Å². The molecular formula is C17H23NO5. The number of rotatable bonds is 7. The Balaban J connectivity index is 2.27. The molecule has 0 saturated heterocycles. The quantitative estimate of drug-likeness (QED) is 0.754. The van der Waals surface area contributed by atoms with Gasteiger partial charge in [-0.25, -0.2) is 0 Å². The van der Waals surface area contributed by atoms with Crippen molar-refractivity contribution >= 4 is 17.6 Å². The Labute approximate surface area is 135 Å². The maximum Gasteiger partial charge on any atom is 0.303 e. The summed E-state index contributed by atoms with van der Waals surface area (Å²) in [7, 11) is 0. The van der Waals surface area contributed by atoms with Gasteiger partial charge >= 0.3 is 5.97 Å². The number of carbonyl (C=O) groups is 2. The van der Waals surface area contributed by atoms with E-state index in [1.54, 1.807) is 11.0 Å². The van der Waals surface area contributed by atoms with Gasteiger partial charge in [-0.1, -0.05) is 13.8 Å². The number of fused-ring (bicyclic) bond motifs is 1. The molecule has 0 unspecified atom stereocenters. The summed E-state index contributed by atoms with van der Waals surface area (Å²) in [6.07, 6.45) is 2.26. The molecule has 6 nitrogen and oxygen atoms in total. The van der Waals surface area contributed by atoms with Gasteiger partial charge in [0.2, 0.25) is 0 Å². The zero-order valence-corrected chi connectivity index (χ0v) is 13.5. The van der Waals surface area contributed by atoms with Crippen LogP contribution in [0.2, 0.25) is 0 Å². The molecule has 1 heterocycles. The lowest BCUT2D eigenvalue weighted by molar-refractivity contribution is -0.137. The highest BCUT2D eigenvalue weighted by molar-refractivity contribution is 6.03. The van der Waals surface area contributed by atoms with Crippen molar-refractivity contribution in [1.82, 2.24) is 0 Å². The van der Waals surface area contributed by atoms with Gasteiger partial charge in [-0.2, -0.15) is 0 Å². The van der Waals surface area contributed by atoms with Gasteiger partial charge < -0.3 is 19.8 Å². The van der Waals surface area contributed by atoms with Gasteiger partial charge in [0.25, 0.3) is 5.91 Å². The van der Waals surface area contributed by atoms with Crippen LogP contribution in [0.3, 0.4) is 0 Å². The highest BCUT2D eigenvalue weighted by atomic mass is 16.5. The van der Waals surface area contributed by atoms with Gasteiger partial charge in [-0.3, -0.25) is 9.59 Å². The third-order valence-electron chi connectivity index (χ3n) is 4.34. The molecule has 6 heteroatoms. The summed E-state index contributed by atoms with van der Waals surface area (Å²) in [5.74, 6) is -0.329. The Hall–Kier alpha value is -2.24. The van der Waals surface area contributed by atoms with Crippen molar-refractivity contribution in [3.63, 3.8) is 0 Å². The van der Waals surface area contributed by atoms with Crippen molar-refractivity contribution < 1.29 is 24.5 Å². The van der Waals surface area contributed by atoms with Crippen LogP contribution in [0.25, 0.3) is 0 Å². The average Bonchev–Trinajstić information content (AvgIpc) is 2.53. The van der Waals surface area contributed by atoms with E-state index in [4.69, 9.17) is 9.84 Å². The second-order valence-corrected chi connectivity index (χ2v) is 5.76. The lowest BCUT2D eigenvalue weighted by Crippen LogP contribution is -2.55. The average molecular weight is 321 g/mol. The van der Waals surface area contributed by atoms with Gasteiger partial charge in [-0.05, 0) is 37.8 Å². The van der Waals surface area contributed by atoms with Crippen molar-refractivity contribution in [2.24, 2.45) is 0 Å². The number of aliphatic carboxylic acids is 1. The van der Waals surface area contributed by atoms with Crippen LogP contribution < -0.4 is 9.64 Å². The lowest BCUT2D eigenvalue weighted by atomic mass is 9.92. The fraction of sp³-hybridized carbons (Fsp3) is 0.529. The fourth-order valence-electron chi connectivity index (χ4n) is 2.88. The fourth-order valence-corrected chi connectivity index (χ4v) is 2.88. The van der Waals surface area contributed by atoms with E-state index in [1.807, 2.05) is 13.8 Å². The first-order chi connectivity index (χ1) is 10.9. The second-order valence-electron chi connectivity index (χ2n) is 5.76. The van der Waals surface area contributed by atoms with E-state index in [1.165, 1.54) is 12.1 Å². The highest BCUT2D eigenvalue weighted by Crippen LogP contribution is 2.42. The number of amides is 1. The number of carboxylic acid groups (broad SMARTS) is 1. The van der Waals surface area contributed by atoms with Gasteiger partial charge in [0, 0.05) is 19.0 Å². The number of unbranched alkanes of at least 4 members (excludes halogenated alkanes) is 1. The number of nitrogens with zero attached hydrogens (tertiary/aromatic N) is 1. The zero-order valence-electron chi connectivity index (χ0n) is 13.5. The summed E-state index contributed by atoms with van der Waals surface area (Å²) in [6.45, 7) is 4.23. The summed E-state index contributed by atoms with van der Waals surface area (Å²) in [5.41, 5.74) is -0.348. The summed E-state index contributed by atoms with van der Waals surface area (Å²) >= 11 is 0. The molecule has 126 valence electrons. The molecule has 2 N–H and O–H groups in total. The lowest BCUT2D eigenvalue weighted by Gasteiger charge is -2.42. The Morgan fingerprint density at radius 2 is 1.96 bits per heavy atom. The molecule has 0 saturated carbocycles. The molecule has 0 fully saturated rings. The third kappa shape index (κ3) is 3.41. The number of hydrogen-bond donors (Lipinski definition) is 2. The molecule has 2 rings (SSSR count). The number of phenols is 1. The molecule has 1 aromatic rings. The molecule has 1 amide bonds. The van der Waals surface area contributed by atoms with Crippen LogP contribution in [-0.4, -0.2) is 34.2 Å². The number of benzene rings is 1. The number of carbonyl (C=O) groups excluding carboxylic acids is 1. The maximum absolute atomic E-state index is 12.9. The standard InChI is InChI=1S/C17H23NO5/c1-3-17(4-2)16(22)18(10-6-5-7-15(20)21)13-11-12(19)8-9-14(13)23-17/h8-9,11,19H,3-7,10H2,1-2H3,(H,20,21). The predicted molar refractivity (Wildman–Crippen MR) is 85.9 cm³/mol. The SMILES string of the molecule is CCC1(CC)Oc2ccc(O)cc2N(CCCCC(=O)O)C1=O. The van der Waals surface area contributed by atoms with Crippen molar-refractivity contribution in [2.75, 3.05) is 11.4 Å². The molecule has 0 aromatic heterocycles. The van der Waals surface area contributed by atoms with Crippen molar-refractivity contribution in [1.29, 1.82) is 0 Å². The van der Waals surface area contributed by atoms with Crippen LogP contribution in [-0.2, 0) is 9.59 Å². The number of anilines is 1. The van der Waals surface area contributed by atoms with E-state index < -0.39 is 11.6 Å². The first-order valence-electron chi connectivity index (χ1n) is 7.99. The number of hydrogen-bond acceptors (Lipinski definition) is 4. The number of carboxylic acids is 1. The Morgan fingerprint density at radius 1 is 1.26 bits per heavy atom. The molecule has 1 aromatic carbocycles. The van der Waals surface area contributed by atoms with Gasteiger partial charge in [-0.15, -0.1) is 0 Å². The zero-order chi connectivity index (χ0) is 17.0. The maximum atomic E-state index is 12.9. The van der Waals surface area contributed by atoms with Gasteiger partial charge in [0.15, 0.2) is 5.60 Å². The minimum Gasteiger partial charge on any atom is -0.508 e. The van der Waals surface area contributed by atoms with Gasteiger partial charge in [0.1, 0.15) is 11.5 Å². The number of aromatic hydroxyl groups is 1. The molecule has 0 radical (unpaired) electrons. The molecule has 1 aliphatic rings. The van der Waals surface area contributed by atoms with Crippen LogP contribution in [0.5, 0.6) is 11.5 Å². The molecular weight excluding hydrogens is 298 g/mol. The Bertz CT molecular complexity index is 595. The first-order valence-corrected chi connectivity index (χ1v) is 7.99. The summed E-state index contributed by atoms with van der Waals surface area (Å²) in [5, 5.41) is 18.4. The van der Waals surface area contributed by atoms with Crippen molar-refractivity contribution in [3.8, 4) is 11.5 Å². The van der Waals surface area contributed by atoms with E-state index in [9.17, 15) is 14.7 Å². The van der Waals surface area contributed by atoms with Crippen LogP contribution in [0.1, 0.15) is 46.0 Å². The van der Waals surface area contributed by atoms with Crippen LogP contribution >= 0.6 is 0 Å². The molecule has 0 spiro atoms. The second kappa shape index (κ2) is 6.89. The number of ether oxygens (including phenoxy) is 1. The summed E-state index contributed by atoms with van der Waals surface area (Å²) < 4.78 is 5.96. The highest BCUT2D eigenvalue weighted by Gasteiger charge is 2.45. The monoisotopic (exact) mass is 321 g/mol. The summed E-state index contributed by atoms with van der Waals surface area (Å²) in [6, 6.07) is 4.72. The van der Waals surface area contributed by atoms with E-state index in [2.05, 4.69) is 0 Å². The Kier molecular flexibility index (Phi) is 5.13. The normalized spacial score (nSPS) is 15.9. The van der Waals surface area contributed by atoms with Crippen molar-refractivity contribution in [3.05, 3.63) is 18.2 Å². The third-order valence-corrected chi connectivity index (χ3v) is 4.34. The largest absolute Gasteiger partial charge is 0.508 e. The molecule has 0 aliphatic carbocycles. The van der Waals surface area contributed by atoms with E-state index in [-0.39, 0.29) is 18.1 Å². The van der Waals surface area contributed by atoms with E-state index in [0.29, 0.717) is 43.7 Å². The first kappa shape index (κ1) is 17.1. The van der Waals surface area contributed by atoms with Crippen LogP contribution in [0.15, 0.2) is 18.2 Å². The molecule has 0 bridgehead atoms. The Morgan fingerprint density at radius 3 is 2.57 bits per heavy atom. The predicted octanol–water partition coefficient (Wildman–Crippen LogP) is 2.93. The van der Waals surface area contributed by atoms with Gasteiger partial charge in [0.05, 0.1) is 5.69 Å². The number of phenolic OH excluding ortho intramolecular Hbond substituents is 1. The van der Waals surface area contributed by atoms with Crippen LogP contribution in [0, 0.1) is 0 Å². The molecule has 0 atom stereocenters.